The van der Waals surface area contributed by atoms with Gasteiger partial charge in [-0.05, 0) is 30.3 Å². The predicted octanol–water partition coefficient (Wildman–Crippen LogP) is 2.64. The highest BCUT2D eigenvalue weighted by atomic mass is 16.5. The zero-order valence-corrected chi connectivity index (χ0v) is 11.8. The second kappa shape index (κ2) is 5.69. The molecule has 3 rings (SSSR count). The third-order valence-electron chi connectivity index (χ3n) is 3.22. The van der Waals surface area contributed by atoms with Crippen LogP contribution in [0.5, 0.6) is 5.75 Å². The van der Waals surface area contributed by atoms with E-state index < -0.39 is 5.97 Å². The van der Waals surface area contributed by atoms with Gasteiger partial charge in [0.1, 0.15) is 11.4 Å². The maximum absolute atomic E-state index is 11.5. The van der Waals surface area contributed by atoms with Crippen LogP contribution in [0.15, 0.2) is 54.9 Å². The lowest BCUT2D eigenvalue weighted by Crippen LogP contribution is -2.09. The molecule has 0 saturated carbocycles. The first-order chi connectivity index (χ1) is 10.7. The minimum absolute atomic E-state index is 0.0660. The van der Waals surface area contributed by atoms with Gasteiger partial charge in [0.15, 0.2) is 5.69 Å². The molecule has 0 amide bonds. The number of carbonyl (C=O) groups is 1. The minimum atomic E-state index is -1.06. The molecule has 0 bridgehead atoms. The van der Waals surface area contributed by atoms with E-state index in [2.05, 4.69) is 10.1 Å². The number of aromatic nitrogens is 3. The SMILES string of the molecule is COc1ccccc1-n1nc(-c2ccncc2)cc1C(=O)O. The molecule has 0 atom stereocenters. The van der Waals surface area contributed by atoms with Crippen molar-refractivity contribution in [3.8, 4) is 22.7 Å². The van der Waals surface area contributed by atoms with Crippen LogP contribution in [0.2, 0.25) is 0 Å². The summed E-state index contributed by atoms with van der Waals surface area (Å²) >= 11 is 0. The number of benzene rings is 1. The summed E-state index contributed by atoms with van der Waals surface area (Å²) < 4.78 is 6.66. The van der Waals surface area contributed by atoms with E-state index in [4.69, 9.17) is 4.74 Å². The molecule has 0 fully saturated rings. The highest BCUT2D eigenvalue weighted by Gasteiger charge is 2.18. The molecule has 22 heavy (non-hydrogen) atoms. The fourth-order valence-corrected chi connectivity index (χ4v) is 2.19. The molecular weight excluding hydrogens is 282 g/mol. The van der Waals surface area contributed by atoms with Gasteiger partial charge in [0.2, 0.25) is 0 Å². The maximum atomic E-state index is 11.5. The molecular formula is C16H13N3O3. The van der Waals surface area contributed by atoms with E-state index in [0.29, 0.717) is 17.1 Å². The summed E-state index contributed by atoms with van der Waals surface area (Å²) in [6.07, 6.45) is 3.27. The largest absolute Gasteiger partial charge is 0.494 e. The van der Waals surface area contributed by atoms with E-state index in [-0.39, 0.29) is 5.69 Å². The normalized spacial score (nSPS) is 10.4. The van der Waals surface area contributed by atoms with Crippen LogP contribution in [0.4, 0.5) is 0 Å². The Morgan fingerprint density at radius 2 is 1.91 bits per heavy atom. The lowest BCUT2D eigenvalue weighted by atomic mass is 10.2. The average Bonchev–Trinajstić information content (AvgIpc) is 3.01. The second-order valence-corrected chi connectivity index (χ2v) is 4.54. The Balaban J connectivity index is 2.19. The van der Waals surface area contributed by atoms with Gasteiger partial charge in [-0.1, -0.05) is 12.1 Å². The predicted molar refractivity (Wildman–Crippen MR) is 80.3 cm³/mol. The van der Waals surface area contributed by atoms with Crippen molar-refractivity contribution in [2.75, 3.05) is 7.11 Å². The number of rotatable bonds is 4. The third-order valence-corrected chi connectivity index (χ3v) is 3.22. The first-order valence-electron chi connectivity index (χ1n) is 6.58. The average molecular weight is 295 g/mol. The fraction of sp³-hybridized carbons (Fsp3) is 0.0625. The summed E-state index contributed by atoms with van der Waals surface area (Å²) in [4.78, 5) is 15.5. The van der Waals surface area contributed by atoms with Crippen LogP contribution in [-0.4, -0.2) is 33.0 Å². The molecule has 110 valence electrons. The Morgan fingerprint density at radius 1 is 1.18 bits per heavy atom. The van der Waals surface area contributed by atoms with Gasteiger partial charge in [0, 0.05) is 18.0 Å². The smallest absolute Gasteiger partial charge is 0.354 e. The van der Waals surface area contributed by atoms with Gasteiger partial charge in [-0.2, -0.15) is 5.10 Å². The van der Waals surface area contributed by atoms with Gasteiger partial charge in [-0.25, -0.2) is 9.48 Å². The van der Waals surface area contributed by atoms with Crippen LogP contribution in [0.3, 0.4) is 0 Å². The van der Waals surface area contributed by atoms with Crippen LogP contribution in [-0.2, 0) is 0 Å². The van der Waals surface area contributed by atoms with Gasteiger partial charge in [0.25, 0.3) is 0 Å². The van der Waals surface area contributed by atoms with Crippen LogP contribution in [0.1, 0.15) is 10.5 Å². The lowest BCUT2D eigenvalue weighted by Gasteiger charge is -2.09. The van der Waals surface area contributed by atoms with E-state index in [1.54, 1.807) is 42.7 Å². The second-order valence-electron chi connectivity index (χ2n) is 4.54. The van der Waals surface area contributed by atoms with E-state index in [9.17, 15) is 9.90 Å². The number of carboxylic acids is 1. The van der Waals surface area contributed by atoms with Gasteiger partial charge in [-0.3, -0.25) is 4.98 Å². The molecule has 0 spiro atoms. The molecule has 0 radical (unpaired) electrons. The van der Waals surface area contributed by atoms with Crippen molar-refractivity contribution in [3.05, 3.63) is 60.6 Å². The van der Waals surface area contributed by atoms with Crippen molar-refractivity contribution >= 4 is 5.97 Å². The topological polar surface area (TPSA) is 77.2 Å². The van der Waals surface area contributed by atoms with Crippen molar-refractivity contribution in [3.63, 3.8) is 0 Å². The number of para-hydroxylation sites is 2. The van der Waals surface area contributed by atoms with E-state index in [0.717, 1.165) is 5.56 Å². The molecule has 6 nitrogen and oxygen atoms in total. The Bertz CT molecular complexity index is 813. The Hall–Kier alpha value is -3.15. The Morgan fingerprint density at radius 3 is 2.59 bits per heavy atom. The highest BCUT2D eigenvalue weighted by Crippen LogP contribution is 2.26. The monoisotopic (exact) mass is 295 g/mol. The number of carboxylic acid groups (broad SMARTS) is 1. The maximum Gasteiger partial charge on any atom is 0.354 e. The van der Waals surface area contributed by atoms with Crippen molar-refractivity contribution < 1.29 is 14.6 Å². The first kappa shape index (κ1) is 13.8. The highest BCUT2D eigenvalue weighted by molar-refractivity contribution is 5.88. The van der Waals surface area contributed by atoms with Crippen molar-refractivity contribution in [2.24, 2.45) is 0 Å². The number of aromatic carboxylic acids is 1. The first-order valence-corrected chi connectivity index (χ1v) is 6.58. The zero-order valence-electron chi connectivity index (χ0n) is 11.8. The lowest BCUT2D eigenvalue weighted by molar-refractivity contribution is 0.0687. The summed E-state index contributed by atoms with van der Waals surface area (Å²) in [7, 11) is 1.53. The zero-order chi connectivity index (χ0) is 15.5. The van der Waals surface area contributed by atoms with Crippen molar-refractivity contribution in [2.45, 2.75) is 0 Å². The van der Waals surface area contributed by atoms with Gasteiger partial charge in [-0.15, -0.1) is 0 Å². The summed E-state index contributed by atoms with van der Waals surface area (Å²) in [5.41, 5.74) is 2.00. The molecule has 2 heterocycles. The van der Waals surface area contributed by atoms with E-state index >= 15 is 0 Å². The number of pyridine rings is 1. The number of methoxy groups -OCH3 is 1. The molecule has 1 aromatic carbocycles. The number of ether oxygens (including phenoxy) is 1. The van der Waals surface area contributed by atoms with Crippen LogP contribution < -0.4 is 4.74 Å². The molecule has 0 aliphatic heterocycles. The fourth-order valence-electron chi connectivity index (χ4n) is 2.19. The summed E-state index contributed by atoms with van der Waals surface area (Å²) in [6, 6.07) is 12.2. The van der Waals surface area contributed by atoms with Crippen LogP contribution in [0, 0.1) is 0 Å². The van der Waals surface area contributed by atoms with E-state index in [1.165, 1.54) is 17.9 Å². The van der Waals surface area contributed by atoms with Gasteiger partial charge < -0.3 is 9.84 Å². The van der Waals surface area contributed by atoms with Crippen molar-refractivity contribution in [1.82, 2.24) is 14.8 Å². The molecule has 1 N–H and O–H groups in total. The molecule has 0 saturated heterocycles. The molecule has 3 aromatic rings. The summed E-state index contributed by atoms with van der Waals surface area (Å²) in [5.74, 6) is -0.506. The molecule has 0 aliphatic rings. The summed E-state index contributed by atoms with van der Waals surface area (Å²) in [5, 5.41) is 13.8. The number of hydrogen-bond donors (Lipinski definition) is 1. The Labute approximate surface area is 126 Å². The number of nitrogens with zero attached hydrogens (tertiary/aromatic N) is 3. The number of hydrogen-bond acceptors (Lipinski definition) is 4. The van der Waals surface area contributed by atoms with Crippen LogP contribution in [0.25, 0.3) is 16.9 Å². The minimum Gasteiger partial charge on any atom is -0.494 e. The van der Waals surface area contributed by atoms with Gasteiger partial charge >= 0.3 is 5.97 Å². The van der Waals surface area contributed by atoms with Crippen molar-refractivity contribution in [1.29, 1.82) is 0 Å². The van der Waals surface area contributed by atoms with Crippen LogP contribution >= 0.6 is 0 Å². The molecule has 0 aliphatic carbocycles. The summed E-state index contributed by atoms with van der Waals surface area (Å²) in [6.45, 7) is 0. The standard InChI is InChI=1S/C16H13N3O3/c1-22-15-5-3-2-4-13(15)19-14(16(20)21)10-12(18-19)11-6-8-17-9-7-11/h2-10H,1H3,(H,20,21). The van der Waals surface area contributed by atoms with E-state index in [1.807, 2.05) is 6.07 Å². The van der Waals surface area contributed by atoms with Gasteiger partial charge in [0.05, 0.1) is 12.8 Å². The molecule has 6 heteroatoms. The Kier molecular flexibility index (Phi) is 3.57. The quantitative estimate of drug-likeness (QED) is 0.800. The third kappa shape index (κ3) is 2.42. The molecule has 2 aromatic heterocycles. The molecule has 0 unspecified atom stereocenters.